The highest BCUT2D eigenvalue weighted by atomic mass is 16.4. The van der Waals surface area contributed by atoms with E-state index in [9.17, 15) is 19.8 Å². The van der Waals surface area contributed by atoms with Gasteiger partial charge in [-0.25, -0.2) is 4.98 Å². The van der Waals surface area contributed by atoms with E-state index in [0.29, 0.717) is 25.1 Å². The highest BCUT2D eigenvalue weighted by Gasteiger charge is 2.49. The van der Waals surface area contributed by atoms with Crippen molar-refractivity contribution in [1.82, 2.24) is 9.88 Å². The first-order valence-electron chi connectivity index (χ1n) is 8.81. The molecule has 7 heteroatoms. The van der Waals surface area contributed by atoms with Gasteiger partial charge in [-0.2, -0.15) is 0 Å². The fraction of sp³-hybridized carbons (Fsp3) is 0.611. The maximum atomic E-state index is 12.9. The van der Waals surface area contributed by atoms with Gasteiger partial charge in [-0.05, 0) is 30.9 Å². The number of fused-ring (bicyclic) bond motifs is 1. The summed E-state index contributed by atoms with van der Waals surface area (Å²) in [4.78, 5) is 32.8. The molecule has 7 nitrogen and oxygen atoms in total. The summed E-state index contributed by atoms with van der Waals surface area (Å²) in [7, 11) is 1.95. The summed E-state index contributed by atoms with van der Waals surface area (Å²) in [5.74, 6) is -0.487. The highest BCUT2D eigenvalue weighted by Crippen LogP contribution is 2.36. The fourth-order valence-electron chi connectivity index (χ4n) is 3.94. The minimum atomic E-state index is -1.30. The van der Waals surface area contributed by atoms with Gasteiger partial charge in [0.25, 0.3) is 5.91 Å². The van der Waals surface area contributed by atoms with Gasteiger partial charge >= 0.3 is 5.97 Å². The Labute approximate surface area is 147 Å². The van der Waals surface area contributed by atoms with E-state index in [0.717, 1.165) is 24.3 Å². The molecule has 2 atom stereocenters. The zero-order valence-electron chi connectivity index (χ0n) is 14.7. The average Bonchev–Trinajstić information content (AvgIpc) is 2.97. The number of likely N-dealkylation sites (tertiary alicyclic amines) is 1. The van der Waals surface area contributed by atoms with Gasteiger partial charge in [-0.1, -0.05) is 19.4 Å². The second kappa shape index (κ2) is 6.63. The summed E-state index contributed by atoms with van der Waals surface area (Å²) in [6.45, 7) is 3.13. The van der Waals surface area contributed by atoms with Crippen molar-refractivity contribution in [2.24, 2.45) is 5.41 Å². The number of hydrogen-bond donors (Lipinski definition) is 2. The molecule has 0 saturated carbocycles. The number of pyridine rings is 1. The molecule has 1 fully saturated rings. The van der Waals surface area contributed by atoms with Crippen molar-refractivity contribution in [2.45, 2.75) is 38.7 Å². The lowest BCUT2D eigenvalue weighted by Crippen LogP contribution is -2.57. The number of rotatable bonds is 4. The highest BCUT2D eigenvalue weighted by molar-refractivity contribution is 5.93. The van der Waals surface area contributed by atoms with Crippen LogP contribution in [0.15, 0.2) is 12.1 Å². The topological polar surface area (TPSA) is 94.0 Å². The second-order valence-corrected chi connectivity index (χ2v) is 7.09. The van der Waals surface area contributed by atoms with E-state index in [4.69, 9.17) is 0 Å². The number of carboxylic acids is 1. The number of piperidine rings is 1. The van der Waals surface area contributed by atoms with Crippen LogP contribution in [-0.2, 0) is 11.2 Å². The van der Waals surface area contributed by atoms with Gasteiger partial charge in [0.05, 0.1) is 6.10 Å². The molecule has 25 heavy (non-hydrogen) atoms. The summed E-state index contributed by atoms with van der Waals surface area (Å²) >= 11 is 0. The van der Waals surface area contributed by atoms with Crippen LogP contribution in [0.4, 0.5) is 5.82 Å². The summed E-state index contributed by atoms with van der Waals surface area (Å²) in [5.41, 5.74) is 0.162. The molecule has 1 aromatic heterocycles. The zero-order valence-corrected chi connectivity index (χ0v) is 14.7. The lowest BCUT2D eigenvalue weighted by atomic mass is 9.74. The smallest absolute Gasteiger partial charge is 0.314 e. The van der Waals surface area contributed by atoms with Crippen LogP contribution in [0.25, 0.3) is 0 Å². The zero-order chi connectivity index (χ0) is 18.2. The van der Waals surface area contributed by atoms with E-state index >= 15 is 0 Å². The maximum absolute atomic E-state index is 12.9. The molecule has 1 saturated heterocycles. The molecule has 0 radical (unpaired) electrons. The first-order valence-corrected chi connectivity index (χ1v) is 8.81. The molecular formula is C18H25N3O4. The number of carbonyl (C=O) groups excluding carboxylic acids is 1. The Hall–Kier alpha value is -2.15. The van der Waals surface area contributed by atoms with Crippen LogP contribution >= 0.6 is 0 Å². The molecule has 0 spiro atoms. The average molecular weight is 347 g/mol. The molecule has 1 amide bonds. The van der Waals surface area contributed by atoms with E-state index in [1.165, 1.54) is 4.90 Å². The van der Waals surface area contributed by atoms with Crippen LogP contribution < -0.4 is 4.90 Å². The predicted molar refractivity (Wildman–Crippen MR) is 92.7 cm³/mol. The van der Waals surface area contributed by atoms with E-state index < -0.39 is 17.5 Å². The van der Waals surface area contributed by atoms with Crippen LogP contribution in [0.2, 0.25) is 0 Å². The maximum Gasteiger partial charge on any atom is 0.314 e. The van der Waals surface area contributed by atoms with Gasteiger partial charge in [-0.3, -0.25) is 9.59 Å². The molecule has 0 unspecified atom stereocenters. The van der Waals surface area contributed by atoms with Crippen molar-refractivity contribution < 1.29 is 19.8 Å². The Morgan fingerprint density at radius 2 is 2.12 bits per heavy atom. The normalized spacial score (nSPS) is 25.8. The number of amides is 1. The van der Waals surface area contributed by atoms with Crippen LogP contribution in [-0.4, -0.2) is 64.8 Å². The Balaban J connectivity index is 1.85. The number of aliphatic hydroxyl groups is 1. The molecule has 0 bridgehead atoms. The molecular weight excluding hydrogens is 322 g/mol. The number of carbonyl (C=O) groups is 2. The molecule has 1 aromatic rings. The number of likely N-dealkylation sites (N-methyl/N-ethyl adjacent to an activating group) is 1. The van der Waals surface area contributed by atoms with Crippen molar-refractivity contribution in [1.29, 1.82) is 0 Å². The molecule has 3 rings (SSSR count). The van der Waals surface area contributed by atoms with Crippen LogP contribution in [0.5, 0.6) is 0 Å². The Bertz CT molecular complexity index is 693. The largest absolute Gasteiger partial charge is 0.481 e. The summed E-state index contributed by atoms with van der Waals surface area (Å²) < 4.78 is 0. The first-order chi connectivity index (χ1) is 11.9. The molecule has 0 aliphatic carbocycles. The third-order valence-electron chi connectivity index (χ3n) is 5.45. The fourth-order valence-corrected chi connectivity index (χ4v) is 3.94. The van der Waals surface area contributed by atoms with Crippen molar-refractivity contribution in [3.63, 3.8) is 0 Å². The quantitative estimate of drug-likeness (QED) is 0.849. The molecule has 2 aliphatic rings. The number of aromatic nitrogens is 1. The number of aliphatic hydroxyl groups excluding tert-OH is 1. The van der Waals surface area contributed by atoms with Gasteiger partial charge in [0, 0.05) is 26.7 Å². The van der Waals surface area contributed by atoms with Crippen LogP contribution in [0, 0.1) is 5.41 Å². The minimum absolute atomic E-state index is 0.0186. The summed E-state index contributed by atoms with van der Waals surface area (Å²) in [5, 5.41) is 20.0. The monoisotopic (exact) mass is 347 g/mol. The summed E-state index contributed by atoms with van der Waals surface area (Å²) in [6, 6.07) is 3.64. The SMILES string of the molecule is CCC[C@@]1(C(=O)O)CN(C(=O)c2ccc3c(n2)N(C)CC3)CC[C@H]1O. The molecule has 3 heterocycles. The lowest BCUT2D eigenvalue weighted by Gasteiger charge is -2.43. The molecule has 2 aliphatic heterocycles. The van der Waals surface area contributed by atoms with E-state index in [1.807, 2.05) is 24.9 Å². The van der Waals surface area contributed by atoms with E-state index in [2.05, 4.69) is 4.98 Å². The van der Waals surface area contributed by atoms with Crippen LogP contribution in [0.1, 0.15) is 42.2 Å². The van der Waals surface area contributed by atoms with Crippen molar-refractivity contribution in [3.8, 4) is 0 Å². The van der Waals surface area contributed by atoms with Gasteiger partial charge in [-0.15, -0.1) is 0 Å². The first kappa shape index (κ1) is 17.7. The van der Waals surface area contributed by atoms with Crippen LogP contribution in [0.3, 0.4) is 0 Å². The van der Waals surface area contributed by atoms with E-state index in [-0.39, 0.29) is 18.9 Å². The molecule has 2 N–H and O–H groups in total. The Morgan fingerprint density at radius 3 is 2.80 bits per heavy atom. The lowest BCUT2D eigenvalue weighted by molar-refractivity contribution is -0.162. The Kier molecular flexibility index (Phi) is 4.69. The second-order valence-electron chi connectivity index (χ2n) is 7.09. The number of nitrogens with zero attached hydrogens (tertiary/aromatic N) is 3. The third-order valence-corrected chi connectivity index (χ3v) is 5.45. The Morgan fingerprint density at radius 1 is 1.36 bits per heavy atom. The van der Waals surface area contributed by atoms with E-state index in [1.54, 1.807) is 6.07 Å². The number of aliphatic carboxylic acids is 1. The van der Waals surface area contributed by atoms with Gasteiger partial charge in [0.15, 0.2) is 0 Å². The standard InChI is InChI=1S/C18H25N3O4/c1-3-8-18(17(24)25)11-21(10-7-14(18)22)16(23)13-5-4-12-6-9-20(2)15(12)19-13/h4-5,14,22H,3,6-11H2,1-2H3,(H,24,25)/t14-,18-/m1/s1. The number of carboxylic acid groups (broad SMARTS) is 1. The van der Waals surface area contributed by atoms with Crippen molar-refractivity contribution in [3.05, 3.63) is 23.4 Å². The molecule has 0 aromatic carbocycles. The van der Waals surface area contributed by atoms with Gasteiger partial charge < -0.3 is 20.0 Å². The molecule has 136 valence electrons. The number of anilines is 1. The predicted octanol–water partition coefficient (Wildman–Crippen LogP) is 1.15. The minimum Gasteiger partial charge on any atom is -0.481 e. The third kappa shape index (κ3) is 2.97. The van der Waals surface area contributed by atoms with Crippen molar-refractivity contribution in [2.75, 3.05) is 31.6 Å². The number of hydrogen-bond acceptors (Lipinski definition) is 5. The summed E-state index contributed by atoms with van der Waals surface area (Å²) in [6.07, 6.45) is 1.22. The van der Waals surface area contributed by atoms with Gasteiger partial charge in [0.1, 0.15) is 16.9 Å². The van der Waals surface area contributed by atoms with Gasteiger partial charge in [0.2, 0.25) is 0 Å². The van der Waals surface area contributed by atoms with Crippen molar-refractivity contribution >= 4 is 17.7 Å².